The van der Waals surface area contributed by atoms with E-state index in [9.17, 15) is 13.9 Å². The monoisotopic (exact) mass is 402 g/mol. The summed E-state index contributed by atoms with van der Waals surface area (Å²) in [6.07, 6.45) is 0.795. The molecule has 0 saturated carbocycles. The number of hydrogen-bond acceptors (Lipinski definition) is 4. The maximum atomic E-state index is 12.4. The molecule has 1 aliphatic heterocycles. The van der Waals surface area contributed by atoms with Crippen molar-refractivity contribution in [3.05, 3.63) is 65.2 Å². The van der Waals surface area contributed by atoms with Crippen LogP contribution in [0.3, 0.4) is 0 Å². The summed E-state index contributed by atoms with van der Waals surface area (Å²) in [5.41, 5.74) is 3.20. The highest BCUT2D eigenvalue weighted by molar-refractivity contribution is 8.22. The van der Waals surface area contributed by atoms with Gasteiger partial charge in [0.05, 0.1) is 10.9 Å². The van der Waals surface area contributed by atoms with E-state index in [1.807, 2.05) is 74.2 Å². The Morgan fingerprint density at radius 2 is 1.75 bits per heavy atom. The number of carbonyl (C=O) groups excluding carboxylic acids is 1. The van der Waals surface area contributed by atoms with Crippen molar-refractivity contribution < 1.29 is 13.9 Å². The molecule has 152 valence electrons. The van der Waals surface area contributed by atoms with Crippen molar-refractivity contribution in [3.8, 4) is 0 Å². The van der Waals surface area contributed by atoms with Crippen LogP contribution in [0.15, 0.2) is 53.4 Å². The fourth-order valence-corrected chi connectivity index (χ4v) is 5.03. The van der Waals surface area contributed by atoms with E-state index < -0.39 is 10.8 Å². The fourth-order valence-electron chi connectivity index (χ4n) is 3.59. The van der Waals surface area contributed by atoms with Crippen LogP contribution in [-0.2, 0) is 17.8 Å². The molecule has 1 atom stereocenters. The van der Waals surface area contributed by atoms with Crippen LogP contribution in [0.2, 0.25) is 0 Å². The van der Waals surface area contributed by atoms with E-state index in [-0.39, 0.29) is 17.9 Å². The number of nitrogens with zero attached hydrogens (tertiary/aromatic N) is 2. The molecule has 1 aliphatic rings. The third-order valence-corrected chi connectivity index (χ3v) is 7.55. The lowest BCUT2D eigenvalue weighted by molar-refractivity contribution is -0.135. The van der Waals surface area contributed by atoms with Crippen molar-refractivity contribution >= 4 is 16.7 Å². The second kappa shape index (κ2) is 8.25. The Morgan fingerprint density at radius 3 is 2.39 bits per heavy atom. The van der Waals surface area contributed by atoms with E-state index in [0.717, 1.165) is 17.5 Å². The predicted molar refractivity (Wildman–Crippen MR) is 114 cm³/mol. The van der Waals surface area contributed by atoms with Gasteiger partial charge in [-0.3, -0.25) is 13.9 Å². The third-order valence-electron chi connectivity index (χ3n) is 5.54. The Morgan fingerprint density at radius 1 is 1.07 bits per heavy atom. The van der Waals surface area contributed by atoms with Gasteiger partial charge in [0, 0.05) is 26.1 Å². The Labute approximate surface area is 169 Å². The first-order valence-electron chi connectivity index (χ1n) is 9.68. The van der Waals surface area contributed by atoms with Crippen LogP contribution in [-0.4, -0.2) is 37.8 Å². The summed E-state index contributed by atoms with van der Waals surface area (Å²) in [5.74, 6) is 0.0977. The maximum Gasteiger partial charge on any atom is 0.225 e. The largest absolute Gasteiger partial charge is 0.338 e. The SMILES string of the molecule is CC(C)C(=O)N1CCc2ccc(S(O)(O)N(C)[C@@H](C)c3ccccc3)cc2C1. The van der Waals surface area contributed by atoms with Crippen LogP contribution in [0.4, 0.5) is 0 Å². The molecule has 0 bridgehead atoms. The molecular weight excluding hydrogens is 372 g/mol. The number of carbonyl (C=O) groups is 1. The van der Waals surface area contributed by atoms with Gasteiger partial charge in [0.25, 0.3) is 0 Å². The van der Waals surface area contributed by atoms with Crippen molar-refractivity contribution in [1.29, 1.82) is 0 Å². The zero-order valence-corrected chi connectivity index (χ0v) is 17.8. The molecule has 2 aromatic carbocycles. The zero-order valence-electron chi connectivity index (χ0n) is 17.0. The van der Waals surface area contributed by atoms with Gasteiger partial charge >= 0.3 is 0 Å². The molecule has 0 radical (unpaired) electrons. The lowest BCUT2D eigenvalue weighted by Gasteiger charge is -2.44. The first kappa shape index (κ1) is 20.9. The van der Waals surface area contributed by atoms with Crippen molar-refractivity contribution in [2.75, 3.05) is 13.6 Å². The molecule has 0 aromatic heterocycles. The molecular formula is C22H30N2O3S. The number of amides is 1. The smallest absolute Gasteiger partial charge is 0.225 e. The second-order valence-corrected chi connectivity index (χ2v) is 9.83. The number of fused-ring (bicyclic) bond motifs is 1. The summed E-state index contributed by atoms with van der Waals surface area (Å²) in [6, 6.07) is 15.3. The quantitative estimate of drug-likeness (QED) is 0.743. The molecule has 0 spiro atoms. The minimum Gasteiger partial charge on any atom is -0.338 e. The third kappa shape index (κ3) is 4.10. The Bertz CT molecular complexity index is 839. The molecule has 1 amide bonds. The molecule has 0 fully saturated rings. The van der Waals surface area contributed by atoms with Gasteiger partial charge in [-0.2, -0.15) is 4.31 Å². The second-order valence-electron chi connectivity index (χ2n) is 7.75. The number of hydrogen-bond donors (Lipinski definition) is 2. The number of benzene rings is 2. The first-order chi connectivity index (χ1) is 13.2. The molecule has 3 rings (SSSR count). The summed E-state index contributed by atoms with van der Waals surface area (Å²) in [7, 11) is -1.41. The van der Waals surface area contributed by atoms with Crippen molar-refractivity contribution in [3.63, 3.8) is 0 Å². The van der Waals surface area contributed by atoms with Crippen LogP contribution >= 0.6 is 10.8 Å². The Hall–Kier alpha value is -1.86. The van der Waals surface area contributed by atoms with Crippen molar-refractivity contribution in [1.82, 2.24) is 9.21 Å². The summed E-state index contributed by atoms with van der Waals surface area (Å²) in [4.78, 5) is 14.7. The van der Waals surface area contributed by atoms with E-state index in [2.05, 4.69) is 0 Å². The Balaban J connectivity index is 1.85. The van der Waals surface area contributed by atoms with Crippen molar-refractivity contribution in [2.45, 2.75) is 44.7 Å². The summed E-state index contributed by atoms with van der Waals surface area (Å²) < 4.78 is 23.7. The molecule has 28 heavy (non-hydrogen) atoms. The van der Waals surface area contributed by atoms with Gasteiger partial charge in [-0.15, -0.1) is 10.8 Å². The molecule has 6 heteroatoms. The van der Waals surface area contributed by atoms with Gasteiger partial charge in [-0.05, 0) is 42.2 Å². The minimum atomic E-state index is -3.14. The van der Waals surface area contributed by atoms with Gasteiger partial charge in [-0.1, -0.05) is 50.2 Å². The van der Waals surface area contributed by atoms with Crippen LogP contribution in [0.25, 0.3) is 0 Å². The van der Waals surface area contributed by atoms with E-state index >= 15 is 0 Å². The summed E-state index contributed by atoms with van der Waals surface area (Å²) >= 11 is 0. The highest BCUT2D eigenvalue weighted by Crippen LogP contribution is 2.54. The van der Waals surface area contributed by atoms with Gasteiger partial charge in [-0.25, -0.2) is 0 Å². The molecule has 1 heterocycles. The Kier molecular flexibility index (Phi) is 6.15. The summed E-state index contributed by atoms with van der Waals surface area (Å²) in [6.45, 7) is 7.01. The lowest BCUT2D eigenvalue weighted by Crippen LogP contribution is -2.38. The van der Waals surface area contributed by atoms with Crippen LogP contribution < -0.4 is 0 Å². The molecule has 0 aliphatic carbocycles. The topological polar surface area (TPSA) is 64.0 Å². The average molecular weight is 403 g/mol. The minimum absolute atomic E-state index is 0.0389. The van der Waals surface area contributed by atoms with Gasteiger partial charge in [0.2, 0.25) is 5.91 Å². The number of rotatable bonds is 5. The van der Waals surface area contributed by atoms with E-state index in [4.69, 9.17) is 0 Å². The molecule has 0 unspecified atom stereocenters. The van der Waals surface area contributed by atoms with Crippen molar-refractivity contribution in [2.24, 2.45) is 5.92 Å². The molecule has 2 aromatic rings. The first-order valence-corrected chi connectivity index (χ1v) is 11.2. The molecule has 2 N–H and O–H groups in total. The summed E-state index contributed by atoms with van der Waals surface area (Å²) in [5, 5.41) is 0. The fraction of sp³-hybridized carbons (Fsp3) is 0.409. The lowest BCUT2D eigenvalue weighted by atomic mass is 9.99. The van der Waals surface area contributed by atoms with E-state index in [0.29, 0.717) is 18.0 Å². The zero-order chi connectivity index (χ0) is 20.5. The van der Waals surface area contributed by atoms with E-state index in [1.54, 1.807) is 11.4 Å². The standard InChI is InChI=1S/C22H30N2O3S/c1-16(2)22(25)24-13-12-19-10-11-21(14-20(19)15-24)28(26,27)23(4)17(3)18-8-6-5-7-9-18/h5-11,14,16-17,26-27H,12-13,15H2,1-4H3/t17-/m0/s1. The predicted octanol–water partition coefficient (Wildman–Crippen LogP) is 4.94. The molecule has 5 nitrogen and oxygen atoms in total. The highest BCUT2D eigenvalue weighted by atomic mass is 32.3. The van der Waals surface area contributed by atoms with Crippen LogP contribution in [0.1, 0.15) is 43.5 Å². The molecule has 0 saturated heterocycles. The van der Waals surface area contributed by atoms with Gasteiger partial charge in [0.15, 0.2) is 0 Å². The normalized spacial score (nSPS) is 16.2. The van der Waals surface area contributed by atoms with Gasteiger partial charge in [0.1, 0.15) is 0 Å². The van der Waals surface area contributed by atoms with Crippen LogP contribution in [0.5, 0.6) is 0 Å². The maximum absolute atomic E-state index is 12.4. The average Bonchev–Trinajstić information content (AvgIpc) is 2.71. The van der Waals surface area contributed by atoms with Gasteiger partial charge < -0.3 is 4.90 Å². The van der Waals surface area contributed by atoms with Crippen LogP contribution in [0, 0.1) is 5.92 Å². The highest BCUT2D eigenvalue weighted by Gasteiger charge is 2.29. The van der Waals surface area contributed by atoms with E-state index in [1.165, 1.54) is 5.56 Å².